The Kier molecular flexibility index (Phi) is 5.58. The molecule has 2 heterocycles. The normalized spacial score (nSPS) is 16.3. The van der Waals surface area contributed by atoms with Gasteiger partial charge in [-0.05, 0) is 61.4 Å². The Morgan fingerprint density at radius 1 is 1.19 bits per heavy atom. The van der Waals surface area contributed by atoms with Crippen LogP contribution in [0.2, 0.25) is 0 Å². The molecule has 142 valence electrons. The fourth-order valence-corrected chi connectivity index (χ4v) is 5.03. The van der Waals surface area contributed by atoms with E-state index in [1.54, 1.807) is 6.33 Å². The van der Waals surface area contributed by atoms with Crippen LogP contribution in [0.15, 0.2) is 30.6 Å². The number of thiophene rings is 1. The van der Waals surface area contributed by atoms with E-state index in [9.17, 15) is 0 Å². The maximum Gasteiger partial charge on any atom is 0.142 e. The maximum atomic E-state index is 5.80. The topological polar surface area (TPSA) is 47.0 Å². The van der Waals surface area contributed by atoms with Crippen LogP contribution in [0.1, 0.15) is 50.0 Å². The van der Waals surface area contributed by atoms with E-state index in [4.69, 9.17) is 4.74 Å². The summed E-state index contributed by atoms with van der Waals surface area (Å²) in [6.45, 7) is 5.33. The van der Waals surface area contributed by atoms with Gasteiger partial charge in [0, 0.05) is 10.6 Å². The number of fused-ring (bicyclic) bond motifs is 3. The average Bonchev–Trinajstić information content (AvgIpc) is 3.05. The first-order valence-electron chi connectivity index (χ1n) is 9.99. The van der Waals surface area contributed by atoms with Gasteiger partial charge in [-0.15, -0.1) is 11.3 Å². The fraction of sp³-hybridized carbons (Fsp3) is 0.455. The lowest BCUT2D eigenvalue weighted by molar-refractivity contribution is 0.306. The SMILES string of the molecule is CCCCCOc1ccc(Nc2ncnc3sc4c(c23)CCC(C)C4)cc1. The quantitative estimate of drug-likeness (QED) is 0.500. The Morgan fingerprint density at radius 3 is 2.85 bits per heavy atom. The number of unbranched alkanes of at least 4 members (excludes halogenated alkanes) is 2. The Balaban J connectivity index is 1.52. The number of rotatable bonds is 7. The second-order valence-corrected chi connectivity index (χ2v) is 8.54. The second-order valence-electron chi connectivity index (χ2n) is 7.46. The van der Waals surface area contributed by atoms with E-state index >= 15 is 0 Å². The molecule has 0 aliphatic heterocycles. The van der Waals surface area contributed by atoms with Gasteiger partial charge in [-0.1, -0.05) is 26.7 Å². The molecule has 0 fully saturated rings. The number of aryl methyl sites for hydroxylation is 1. The largest absolute Gasteiger partial charge is 0.494 e. The third-order valence-electron chi connectivity index (χ3n) is 5.23. The van der Waals surface area contributed by atoms with Crippen LogP contribution >= 0.6 is 11.3 Å². The van der Waals surface area contributed by atoms with Crippen molar-refractivity contribution in [1.29, 1.82) is 0 Å². The number of ether oxygens (including phenoxy) is 1. The summed E-state index contributed by atoms with van der Waals surface area (Å²) in [5.74, 6) is 2.61. The highest BCUT2D eigenvalue weighted by atomic mass is 32.1. The van der Waals surface area contributed by atoms with E-state index in [1.165, 1.54) is 41.5 Å². The molecule has 1 N–H and O–H groups in total. The molecular formula is C22H27N3OS. The molecule has 0 radical (unpaired) electrons. The molecule has 1 aromatic carbocycles. The van der Waals surface area contributed by atoms with Crippen molar-refractivity contribution in [3.63, 3.8) is 0 Å². The van der Waals surface area contributed by atoms with E-state index < -0.39 is 0 Å². The summed E-state index contributed by atoms with van der Waals surface area (Å²) in [6.07, 6.45) is 8.75. The molecule has 0 amide bonds. The Hall–Kier alpha value is -2.14. The monoisotopic (exact) mass is 381 g/mol. The van der Waals surface area contributed by atoms with Gasteiger partial charge in [0.2, 0.25) is 0 Å². The highest BCUT2D eigenvalue weighted by Crippen LogP contribution is 2.40. The van der Waals surface area contributed by atoms with Gasteiger partial charge in [-0.3, -0.25) is 0 Å². The molecule has 27 heavy (non-hydrogen) atoms. The third-order valence-corrected chi connectivity index (χ3v) is 6.39. The summed E-state index contributed by atoms with van der Waals surface area (Å²) in [4.78, 5) is 11.7. The Labute approximate surface area is 165 Å². The molecule has 1 aliphatic rings. The summed E-state index contributed by atoms with van der Waals surface area (Å²) >= 11 is 1.83. The predicted octanol–water partition coefficient (Wildman–Crippen LogP) is 6.13. The van der Waals surface area contributed by atoms with Gasteiger partial charge in [0.1, 0.15) is 22.7 Å². The molecule has 0 bridgehead atoms. The molecule has 4 rings (SSSR count). The van der Waals surface area contributed by atoms with E-state index in [0.717, 1.165) is 47.5 Å². The Morgan fingerprint density at radius 2 is 2.04 bits per heavy atom. The first-order chi connectivity index (χ1) is 13.2. The van der Waals surface area contributed by atoms with E-state index in [-0.39, 0.29) is 0 Å². The van der Waals surface area contributed by atoms with Gasteiger partial charge in [0.05, 0.1) is 12.0 Å². The number of benzene rings is 1. The molecule has 0 spiro atoms. The number of anilines is 2. The molecule has 2 aromatic heterocycles. The minimum absolute atomic E-state index is 0.764. The molecule has 1 atom stereocenters. The fourth-order valence-electron chi connectivity index (χ4n) is 3.68. The minimum Gasteiger partial charge on any atom is -0.494 e. The van der Waals surface area contributed by atoms with Crippen molar-refractivity contribution in [2.45, 2.75) is 52.4 Å². The van der Waals surface area contributed by atoms with Crippen molar-refractivity contribution in [2.75, 3.05) is 11.9 Å². The van der Waals surface area contributed by atoms with Gasteiger partial charge in [0.15, 0.2) is 0 Å². The van der Waals surface area contributed by atoms with Crippen LogP contribution in [-0.2, 0) is 12.8 Å². The lowest BCUT2D eigenvalue weighted by Crippen LogP contribution is -2.09. The number of aromatic nitrogens is 2. The molecule has 3 aromatic rings. The van der Waals surface area contributed by atoms with E-state index in [1.807, 2.05) is 23.5 Å². The molecule has 1 unspecified atom stereocenters. The number of hydrogen-bond acceptors (Lipinski definition) is 5. The summed E-state index contributed by atoms with van der Waals surface area (Å²) < 4.78 is 5.80. The van der Waals surface area contributed by atoms with Crippen molar-refractivity contribution in [3.05, 3.63) is 41.0 Å². The van der Waals surface area contributed by atoms with Crippen LogP contribution in [0, 0.1) is 5.92 Å². The number of hydrogen-bond donors (Lipinski definition) is 1. The summed E-state index contributed by atoms with van der Waals surface area (Å²) in [5, 5.41) is 4.71. The van der Waals surface area contributed by atoms with Gasteiger partial charge < -0.3 is 10.1 Å². The lowest BCUT2D eigenvalue weighted by Gasteiger charge is -2.18. The summed E-state index contributed by atoms with van der Waals surface area (Å²) in [5.41, 5.74) is 2.48. The van der Waals surface area contributed by atoms with Crippen molar-refractivity contribution >= 4 is 33.1 Å². The van der Waals surface area contributed by atoms with E-state index in [0.29, 0.717) is 0 Å². The zero-order valence-corrected chi connectivity index (χ0v) is 16.9. The number of nitrogens with zero attached hydrogens (tertiary/aromatic N) is 2. The van der Waals surface area contributed by atoms with Gasteiger partial charge >= 0.3 is 0 Å². The molecule has 4 nitrogen and oxygen atoms in total. The standard InChI is InChI=1S/C22H27N3OS/c1-3-4-5-12-26-17-9-7-16(8-10-17)25-21-20-18-11-6-15(2)13-19(18)27-22(20)24-14-23-21/h7-10,14-15H,3-6,11-13H2,1-2H3,(H,23,24,25). The summed E-state index contributed by atoms with van der Waals surface area (Å²) in [7, 11) is 0. The first-order valence-corrected chi connectivity index (χ1v) is 10.8. The molecule has 0 saturated carbocycles. The molecule has 5 heteroatoms. The molecule has 0 saturated heterocycles. The smallest absolute Gasteiger partial charge is 0.142 e. The van der Waals surface area contributed by atoms with Crippen molar-refractivity contribution in [1.82, 2.24) is 9.97 Å². The minimum atomic E-state index is 0.764. The predicted molar refractivity (Wildman–Crippen MR) is 113 cm³/mol. The van der Waals surface area contributed by atoms with Crippen LogP contribution in [0.25, 0.3) is 10.2 Å². The number of nitrogens with one attached hydrogen (secondary N) is 1. The van der Waals surface area contributed by atoms with Crippen LogP contribution in [-0.4, -0.2) is 16.6 Å². The highest BCUT2D eigenvalue weighted by Gasteiger charge is 2.23. The second kappa shape index (κ2) is 8.26. The first kappa shape index (κ1) is 18.2. The van der Waals surface area contributed by atoms with Crippen molar-refractivity contribution in [3.8, 4) is 5.75 Å². The van der Waals surface area contributed by atoms with Crippen LogP contribution in [0.5, 0.6) is 5.75 Å². The van der Waals surface area contributed by atoms with Crippen LogP contribution < -0.4 is 10.1 Å². The zero-order chi connectivity index (χ0) is 18.6. The van der Waals surface area contributed by atoms with Crippen molar-refractivity contribution < 1.29 is 4.74 Å². The van der Waals surface area contributed by atoms with E-state index in [2.05, 4.69) is 41.3 Å². The third kappa shape index (κ3) is 4.08. The van der Waals surface area contributed by atoms with Gasteiger partial charge in [-0.2, -0.15) is 0 Å². The molecule has 1 aliphatic carbocycles. The van der Waals surface area contributed by atoms with Gasteiger partial charge in [-0.25, -0.2) is 9.97 Å². The highest BCUT2D eigenvalue weighted by molar-refractivity contribution is 7.19. The maximum absolute atomic E-state index is 5.80. The lowest BCUT2D eigenvalue weighted by atomic mass is 9.89. The summed E-state index contributed by atoms with van der Waals surface area (Å²) in [6, 6.07) is 8.17. The van der Waals surface area contributed by atoms with Crippen LogP contribution in [0.4, 0.5) is 11.5 Å². The average molecular weight is 382 g/mol. The van der Waals surface area contributed by atoms with Crippen molar-refractivity contribution in [2.24, 2.45) is 5.92 Å². The Bertz CT molecular complexity index is 904. The van der Waals surface area contributed by atoms with Gasteiger partial charge in [0.25, 0.3) is 0 Å². The van der Waals surface area contributed by atoms with Crippen LogP contribution in [0.3, 0.4) is 0 Å². The zero-order valence-electron chi connectivity index (χ0n) is 16.1. The molecular weight excluding hydrogens is 354 g/mol.